The highest BCUT2D eigenvalue weighted by atomic mass is 35.5. The number of nitrogens with one attached hydrogen (secondary N) is 1. The molecule has 0 bridgehead atoms. The lowest BCUT2D eigenvalue weighted by Gasteiger charge is -2.35. The highest BCUT2D eigenvalue weighted by Crippen LogP contribution is 2.23. The predicted octanol–water partition coefficient (Wildman–Crippen LogP) is 1.17. The van der Waals surface area contributed by atoms with E-state index >= 15 is 0 Å². The van der Waals surface area contributed by atoms with Crippen LogP contribution in [0, 0.1) is 19.8 Å². The molecule has 25 heavy (non-hydrogen) atoms. The molecule has 0 radical (unpaired) electrons. The Bertz CT molecular complexity index is 725. The van der Waals surface area contributed by atoms with E-state index in [0.29, 0.717) is 31.1 Å². The second kappa shape index (κ2) is 8.03. The van der Waals surface area contributed by atoms with Gasteiger partial charge < -0.3 is 10.2 Å². The molecule has 2 aliphatic rings. The molecule has 1 N–H and O–H groups in total. The van der Waals surface area contributed by atoms with E-state index in [2.05, 4.69) is 5.32 Å². The van der Waals surface area contributed by atoms with Crippen molar-refractivity contribution in [3.05, 3.63) is 29.3 Å². The maximum Gasteiger partial charge on any atom is 0.243 e. The number of amides is 1. The van der Waals surface area contributed by atoms with E-state index in [-0.39, 0.29) is 24.2 Å². The van der Waals surface area contributed by atoms with Crippen LogP contribution in [0.1, 0.15) is 17.5 Å². The minimum atomic E-state index is -3.50. The molecule has 6 nitrogen and oxygen atoms in total. The van der Waals surface area contributed by atoms with Gasteiger partial charge in [0.05, 0.1) is 10.8 Å². The Morgan fingerprint density at radius 1 is 1.16 bits per heavy atom. The van der Waals surface area contributed by atoms with Crippen molar-refractivity contribution in [3.8, 4) is 0 Å². The van der Waals surface area contributed by atoms with Gasteiger partial charge in [-0.15, -0.1) is 12.4 Å². The third kappa shape index (κ3) is 4.16. The number of nitrogens with zero attached hydrogens (tertiary/aromatic N) is 2. The first-order valence-corrected chi connectivity index (χ1v) is 9.90. The fourth-order valence-electron chi connectivity index (χ4n) is 3.40. The topological polar surface area (TPSA) is 69.7 Å². The van der Waals surface area contributed by atoms with Crippen molar-refractivity contribution in [1.82, 2.24) is 14.5 Å². The number of piperazine rings is 1. The van der Waals surface area contributed by atoms with Crippen molar-refractivity contribution in [2.24, 2.45) is 5.92 Å². The normalized spacial score (nSPS) is 21.8. The standard InChI is InChI=1S/C17H25N3O3S.ClH/c1-13-3-4-14(2)16(11-13)24(22,23)20-9-7-19(8-10-20)17(21)15-5-6-18-12-15;/h3-4,11,15,18H,5-10,12H2,1-2H3;1H. The molecular formula is C17H26ClN3O3S. The van der Waals surface area contributed by atoms with Crippen LogP contribution in [0.25, 0.3) is 0 Å². The first-order chi connectivity index (χ1) is 11.4. The fraction of sp³-hybridized carbons (Fsp3) is 0.588. The van der Waals surface area contributed by atoms with Gasteiger partial charge >= 0.3 is 0 Å². The number of carbonyl (C=O) groups excluding carboxylic acids is 1. The Morgan fingerprint density at radius 3 is 2.44 bits per heavy atom. The fourth-order valence-corrected chi connectivity index (χ4v) is 5.13. The average molecular weight is 388 g/mol. The summed E-state index contributed by atoms with van der Waals surface area (Å²) in [5.74, 6) is 0.205. The summed E-state index contributed by atoms with van der Waals surface area (Å²) < 4.78 is 27.3. The highest BCUT2D eigenvalue weighted by molar-refractivity contribution is 7.89. The van der Waals surface area contributed by atoms with Gasteiger partial charge in [0.15, 0.2) is 0 Å². The molecule has 2 saturated heterocycles. The summed E-state index contributed by atoms with van der Waals surface area (Å²) in [6, 6.07) is 5.49. The van der Waals surface area contributed by atoms with Gasteiger partial charge in [-0.2, -0.15) is 4.31 Å². The minimum Gasteiger partial charge on any atom is -0.340 e. The van der Waals surface area contributed by atoms with Gasteiger partial charge in [-0.1, -0.05) is 12.1 Å². The molecule has 3 rings (SSSR count). The van der Waals surface area contributed by atoms with Gasteiger partial charge in [0.2, 0.25) is 15.9 Å². The maximum atomic E-state index is 12.9. The molecule has 1 aromatic rings. The van der Waals surface area contributed by atoms with E-state index in [1.165, 1.54) is 4.31 Å². The number of carbonyl (C=O) groups is 1. The minimum absolute atomic E-state index is 0. The average Bonchev–Trinajstić information content (AvgIpc) is 3.11. The van der Waals surface area contributed by atoms with Gasteiger partial charge in [-0.3, -0.25) is 4.79 Å². The van der Waals surface area contributed by atoms with Crippen LogP contribution in [-0.4, -0.2) is 62.8 Å². The molecule has 1 amide bonds. The first-order valence-electron chi connectivity index (χ1n) is 8.46. The Balaban J connectivity index is 0.00000225. The van der Waals surface area contributed by atoms with Crippen LogP contribution in [0.2, 0.25) is 0 Å². The zero-order valence-electron chi connectivity index (χ0n) is 14.7. The quantitative estimate of drug-likeness (QED) is 0.845. The monoisotopic (exact) mass is 387 g/mol. The maximum absolute atomic E-state index is 12.9. The molecule has 2 heterocycles. The van der Waals surface area contributed by atoms with Gasteiger partial charge in [-0.05, 0) is 44.0 Å². The molecule has 1 atom stereocenters. The van der Waals surface area contributed by atoms with Gasteiger partial charge in [0.25, 0.3) is 0 Å². The lowest BCUT2D eigenvalue weighted by molar-refractivity contribution is -0.136. The van der Waals surface area contributed by atoms with E-state index in [1.54, 1.807) is 6.07 Å². The van der Waals surface area contributed by atoms with Crippen LogP contribution in [0.15, 0.2) is 23.1 Å². The third-order valence-corrected chi connectivity index (χ3v) is 6.96. The summed E-state index contributed by atoms with van der Waals surface area (Å²) in [5.41, 5.74) is 1.69. The number of halogens is 1. The second-order valence-electron chi connectivity index (χ2n) is 6.69. The molecular weight excluding hydrogens is 362 g/mol. The number of rotatable bonds is 3. The number of sulfonamides is 1. The Kier molecular flexibility index (Phi) is 6.48. The van der Waals surface area contributed by atoms with Crippen molar-refractivity contribution in [1.29, 1.82) is 0 Å². The molecule has 0 saturated carbocycles. The molecule has 1 aromatic carbocycles. The SMILES string of the molecule is Cc1ccc(C)c(S(=O)(=O)N2CCN(C(=O)C3CCNC3)CC2)c1.Cl. The van der Waals surface area contributed by atoms with Crippen LogP contribution >= 0.6 is 12.4 Å². The zero-order valence-corrected chi connectivity index (χ0v) is 16.3. The number of hydrogen-bond acceptors (Lipinski definition) is 4. The van der Waals surface area contributed by atoms with Crippen molar-refractivity contribution in [2.75, 3.05) is 39.3 Å². The Labute approximate surface area is 156 Å². The molecule has 8 heteroatoms. The van der Waals surface area contributed by atoms with Crippen molar-refractivity contribution in [2.45, 2.75) is 25.2 Å². The number of aryl methyl sites for hydroxylation is 2. The smallest absolute Gasteiger partial charge is 0.243 e. The number of hydrogen-bond donors (Lipinski definition) is 1. The van der Waals surface area contributed by atoms with E-state index < -0.39 is 10.0 Å². The predicted molar refractivity (Wildman–Crippen MR) is 99.5 cm³/mol. The Morgan fingerprint density at radius 2 is 1.84 bits per heavy atom. The largest absolute Gasteiger partial charge is 0.340 e. The van der Waals surface area contributed by atoms with Crippen LogP contribution in [0.3, 0.4) is 0 Å². The van der Waals surface area contributed by atoms with E-state index in [0.717, 1.165) is 30.6 Å². The van der Waals surface area contributed by atoms with E-state index in [4.69, 9.17) is 0 Å². The van der Waals surface area contributed by atoms with E-state index in [1.807, 2.05) is 30.9 Å². The molecule has 1 unspecified atom stereocenters. The molecule has 140 valence electrons. The van der Waals surface area contributed by atoms with E-state index in [9.17, 15) is 13.2 Å². The third-order valence-electron chi connectivity index (χ3n) is 4.92. The molecule has 0 aliphatic carbocycles. The number of benzene rings is 1. The van der Waals surface area contributed by atoms with Gasteiger partial charge in [0, 0.05) is 32.7 Å². The van der Waals surface area contributed by atoms with Crippen LogP contribution < -0.4 is 5.32 Å². The van der Waals surface area contributed by atoms with Crippen molar-refractivity contribution in [3.63, 3.8) is 0 Å². The highest BCUT2D eigenvalue weighted by Gasteiger charge is 2.33. The summed E-state index contributed by atoms with van der Waals surface area (Å²) in [4.78, 5) is 14.6. The van der Waals surface area contributed by atoms with Gasteiger partial charge in [-0.25, -0.2) is 8.42 Å². The van der Waals surface area contributed by atoms with Gasteiger partial charge in [0.1, 0.15) is 0 Å². The molecule has 2 fully saturated rings. The summed E-state index contributed by atoms with van der Waals surface area (Å²) in [6.45, 7) is 7.00. The van der Waals surface area contributed by atoms with Crippen LogP contribution in [-0.2, 0) is 14.8 Å². The molecule has 0 aromatic heterocycles. The van der Waals surface area contributed by atoms with Crippen molar-refractivity contribution >= 4 is 28.3 Å². The summed E-state index contributed by atoms with van der Waals surface area (Å²) in [7, 11) is -3.50. The summed E-state index contributed by atoms with van der Waals surface area (Å²) in [5, 5.41) is 3.20. The summed E-state index contributed by atoms with van der Waals surface area (Å²) >= 11 is 0. The Hall–Kier alpha value is -1.15. The zero-order chi connectivity index (χ0) is 17.3. The lowest BCUT2D eigenvalue weighted by atomic mass is 10.1. The van der Waals surface area contributed by atoms with Crippen molar-refractivity contribution < 1.29 is 13.2 Å². The first kappa shape index (κ1) is 20.2. The molecule has 2 aliphatic heterocycles. The summed E-state index contributed by atoms with van der Waals surface area (Å²) in [6.07, 6.45) is 0.875. The van der Waals surface area contributed by atoms with Crippen LogP contribution in [0.5, 0.6) is 0 Å². The van der Waals surface area contributed by atoms with Crippen LogP contribution in [0.4, 0.5) is 0 Å². The lowest BCUT2D eigenvalue weighted by Crippen LogP contribution is -2.52. The second-order valence-corrected chi connectivity index (χ2v) is 8.59. The molecule has 0 spiro atoms.